The van der Waals surface area contributed by atoms with E-state index in [1.807, 2.05) is 12.1 Å². The molecule has 0 fully saturated rings. The molecule has 0 N–H and O–H groups in total. The van der Waals surface area contributed by atoms with Crippen molar-refractivity contribution in [3.63, 3.8) is 0 Å². The van der Waals surface area contributed by atoms with Crippen LogP contribution in [-0.2, 0) is 11.8 Å². The normalized spacial score (nSPS) is 13.1. The number of hydrogen-bond donors (Lipinski definition) is 0. The molecular weight excluding hydrogens is 389 g/mol. The highest BCUT2D eigenvalue weighted by molar-refractivity contribution is 7.99. The van der Waals surface area contributed by atoms with Crippen molar-refractivity contribution in [3.05, 3.63) is 108 Å². The zero-order valence-electron chi connectivity index (χ0n) is 16.3. The molecule has 0 radical (unpaired) electrons. The Morgan fingerprint density at radius 1 is 0.897 bits per heavy atom. The van der Waals surface area contributed by atoms with Gasteiger partial charge in [-0.2, -0.15) is 0 Å². The molecule has 0 nitrogen and oxygen atoms in total. The van der Waals surface area contributed by atoms with Crippen LogP contribution >= 0.6 is 11.8 Å². The number of hydrogen-bond acceptors (Lipinski definition) is 1. The summed E-state index contributed by atoms with van der Waals surface area (Å²) in [6.45, 7) is 6.05. The standard InChI is InChI=1S/C25H23F3S/c1-3-25(2,19-7-9-20(26)10-8-19)16-4-5-18-6-15-23(28)24(17-18)29-22-13-11-21(27)12-14-22/h3,6-15,17H,1,4-5,16H2,2H3. The smallest absolute Gasteiger partial charge is 0.137 e. The van der Waals surface area contributed by atoms with Gasteiger partial charge >= 0.3 is 0 Å². The molecule has 3 aromatic carbocycles. The van der Waals surface area contributed by atoms with E-state index >= 15 is 0 Å². The number of benzene rings is 3. The first kappa shape index (κ1) is 21.3. The van der Waals surface area contributed by atoms with Crippen molar-refractivity contribution in [2.45, 2.75) is 41.4 Å². The lowest BCUT2D eigenvalue weighted by Gasteiger charge is -2.26. The van der Waals surface area contributed by atoms with Gasteiger partial charge in [0.05, 0.1) is 0 Å². The zero-order valence-corrected chi connectivity index (χ0v) is 17.1. The van der Waals surface area contributed by atoms with Crippen molar-refractivity contribution in [1.29, 1.82) is 0 Å². The minimum Gasteiger partial charge on any atom is -0.207 e. The Hall–Kier alpha value is -2.46. The van der Waals surface area contributed by atoms with Crippen LogP contribution in [0.1, 0.15) is 30.9 Å². The highest BCUT2D eigenvalue weighted by atomic mass is 32.2. The summed E-state index contributed by atoms with van der Waals surface area (Å²) in [6, 6.07) is 17.7. The summed E-state index contributed by atoms with van der Waals surface area (Å²) in [5.74, 6) is -0.849. The van der Waals surface area contributed by atoms with E-state index in [-0.39, 0.29) is 22.9 Å². The fraction of sp³-hybridized carbons (Fsp3) is 0.200. The molecule has 0 aliphatic carbocycles. The Kier molecular flexibility index (Phi) is 6.86. The van der Waals surface area contributed by atoms with Gasteiger partial charge in [0.15, 0.2) is 0 Å². The minimum atomic E-state index is -0.310. The van der Waals surface area contributed by atoms with Gasteiger partial charge in [0.1, 0.15) is 17.5 Å². The van der Waals surface area contributed by atoms with Crippen LogP contribution in [0.4, 0.5) is 13.2 Å². The largest absolute Gasteiger partial charge is 0.207 e. The zero-order chi connectivity index (χ0) is 20.9. The Morgan fingerprint density at radius 3 is 2.14 bits per heavy atom. The monoisotopic (exact) mass is 412 g/mol. The molecule has 0 heterocycles. The number of halogens is 3. The number of allylic oxidation sites excluding steroid dienone is 1. The maximum Gasteiger partial charge on any atom is 0.137 e. The first-order chi connectivity index (χ1) is 13.9. The summed E-state index contributed by atoms with van der Waals surface area (Å²) < 4.78 is 40.5. The van der Waals surface area contributed by atoms with Crippen LogP contribution in [0.3, 0.4) is 0 Å². The van der Waals surface area contributed by atoms with E-state index in [9.17, 15) is 13.2 Å². The van der Waals surface area contributed by atoms with Crippen LogP contribution in [0.2, 0.25) is 0 Å². The van der Waals surface area contributed by atoms with Crippen LogP contribution in [0.15, 0.2) is 89.2 Å². The fourth-order valence-electron chi connectivity index (χ4n) is 3.27. The van der Waals surface area contributed by atoms with E-state index in [1.54, 1.807) is 30.3 Å². The predicted octanol–water partition coefficient (Wildman–Crippen LogP) is 7.72. The second-order valence-electron chi connectivity index (χ2n) is 7.30. The third-order valence-corrected chi connectivity index (χ3v) is 6.19. The summed E-state index contributed by atoms with van der Waals surface area (Å²) >= 11 is 1.29. The molecule has 0 saturated heterocycles. The minimum absolute atomic E-state index is 0.251. The average Bonchev–Trinajstić information content (AvgIpc) is 2.72. The summed E-state index contributed by atoms with van der Waals surface area (Å²) in [6.07, 6.45) is 4.43. The van der Waals surface area contributed by atoms with Gasteiger partial charge in [-0.15, -0.1) is 6.58 Å². The van der Waals surface area contributed by atoms with Crippen molar-refractivity contribution in [3.8, 4) is 0 Å². The predicted molar refractivity (Wildman–Crippen MR) is 114 cm³/mol. The molecule has 1 atom stereocenters. The topological polar surface area (TPSA) is 0 Å². The molecule has 0 amide bonds. The van der Waals surface area contributed by atoms with Crippen molar-refractivity contribution in [1.82, 2.24) is 0 Å². The molecule has 0 spiro atoms. The van der Waals surface area contributed by atoms with E-state index in [4.69, 9.17) is 0 Å². The second-order valence-corrected chi connectivity index (χ2v) is 8.42. The molecule has 0 aliphatic rings. The van der Waals surface area contributed by atoms with Crippen LogP contribution in [-0.4, -0.2) is 0 Å². The van der Waals surface area contributed by atoms with Gasteiger partial charge in [0.2, 0.25) is 0 Å². The van der Waals surface area contributed by atoms with Gasteiger partial charge in [0, 0.05) is 15.2 Å². The van der Waals surface area contributed by atoms with Crippen molar-refractivity contribution < 1.29 is 13.2 Å². The molecule has 0 bridgehead atoms. The lowest BCUT2D eigenvalue weighted by Crippen LogP contribution is -2.18. The molecule has 0 aromatic heterocycles. The van der Waals surface area contributed by atoms with Crippen molar-refractivity contribution in [2.24, 2.45) is 0 Å². The maximum absolute atomic E-state index is 14.2. The molecular formula is C25H23F3S. The van der Waals surface area contributed by atoms with Gasteiger partial charge in [-0.25, -0.2) is 13.2 Å². The highest BCUT2D eigenvalue weighted by Crippen LogP contribution is 2.33. The first-order valence-electron chi connectivity index (χ1n) is 9.51. The van der Waals surface area contributed by atoms with E-state index in [2.05, 4.69) is 13.5 Å². The fourth-order valence-corrected chi connectivity index (χ4v) is 4.17. The average molecular weight is 413 g/mol. The Morgan fingerprint density at radius 2 is 1.52 bits per heavy atom. The first-order valence-corrected chi connectivity index (χ1v) is 10.3. The third-order valence-electron chi connectivity index (χ3n) is 5.15. The van der Waals surface area contributed by atoms with Gasteiger partial charge in [0.25, 0.3) is 0 Å². The summed E-state index contributed by atoms with van der Waals surface area (Å²) in [7, 11) is 0. The highest BCUT2D eigenvalue weighted by Gasteiger charge is 2.22. The molecule has 29 heavy (non-hydrogen) atoms. The quantitative estimate of drug-likeness (QED) is 0.341. The van der Waals surface area contributed by atoms with Crippen LogP contribution in [0, 0.1) is 17.5 Å². The molecule has 4 heteroatoms. The van der Waals surface area contributed by atoms with Crippen LogP contribution in [0.25, 0.3) is 0 Å². The maximum atomic E-state index is 14.2. The number of rotatable bonds is 8. The Balaban J connectivity index is 1.66. The van der Waals surface area contributed by atoms with Gasteiger partial charge in [-0.05, 0) is 78.9 Å². The lowest BCUT2D eigenvalue weighted by atomic mass is 9.78. The number of aryl methyl sites for hydroxylation is 1. The lowest BCUT2D eigenvalue weighted by molar-refractivity contribution is 0.513. The summed E-state index contributed by atoms with van der Waals surface area (Å²) in [4.78, 5) is 1.32. The Bertz CT molecular complexity index is 964. The van der Waals surface area contributed by atoms with Crippen molar-refractivity contribution in [2.75, 3.05) is 0 Å². The molecule has 3 rings (SSSR count). The molecule has 0 aliphatic heterocycles. The van der Waals surface area contributed by atoms with Crippen LogP contribution in [0.5, 0.6) is 0 Å². The molecule has 3 aromatic rings. The second kappa shape index (κ2) is 9.36. The van der Waals surface area contributed by atoms with Gasteiger partial charge in [-0.1, -0.05) is 43.0 Å². The van der Waals surface area contributed by atoms with Gasteiger partial charge < -0.3 is 0 Å². The molecule has 0 saturated carbocycles. The van der Waals surface area contributed by atoms with E-state index in [0.717, 1.165) is 35.3 Å². The summed E-state index contributed by atoms with van der Waals surface area (Å²) in [5.41, 5.74) is 1.82. The SMILES string of the molecule is C=CC(C)(CCCc1ccc(F)c(Sc2ccc(F)cc2)c1)c1ccc(F)cc1. The molecule has 150 valence electrons. The van der Waals surface area contributed by atoms with Crippen molar-refractivity contribution >= 4 is 11.8 Å². The summed E-state index contributed by atoms with van der Waals surface area (Å²) in [5, 5.41) is 0. The third kappa shape index (κ3) is 5.54. The van der Waals surface area contributed by atoms with E-state index in [1.165, 1.54) is 42.1 Å². The van der Waals surface area contributed by atoms with E-state index in [0.29, 0.717) is 4.90 Å². The van der Waals surface area contributed by atoms with Gasteiger partial charge in [-0.3, -0.25) is 0 Å². The molecule has 1 unspecified atom stereocenters. The Labute approximate surface area is 174 Å². The van der Waals surface area contributed by atoms with E-state index < -0.39 is 0 Å². The van der Waals surface area contributed by atoms with Crippen LogP contribution < -0.4 is 0 Å².